The van der Waals surface area contributed by atoms with Crippen LogP contribution in [0, 0.1) is 11.3 Å². The number of nitrogens with two attached hydrogens (primary N) is 1. The Bertz CT molecular complexity index is 1050. The highest BCUT2D eigenvalue weighted by molar-refractivity contribution is 5.99. The number of hydrogen-bond donors (Lipinski definition) is 2. The Morgan fingerprint density at radius 3 is 3.07 bits per heavy atom. The van der Waals surface area contributed by atoms with Crippen LogP contribution in [-0.2, 0) is 16.6 Å². The molecular formula is C17H18N8O2. The van der Waals surface area contributed by atoms with Crippen LogP contribution in [0.15, 0.2) is 24.8 Å². The lowest BCUT2D eigenvalue weighted by Crippen LogP contribution is -2.34. The number of carbonyl (C=O) groups excluding carboxylic acids is 1. The normalized spacial score (nSPS) is 19.3. The summed E-state index contributed by atoms with van der Waals surface area (Å²) in [5, 5.41) is 16.3. The van der Waals surface area contributed by atoms with E-state index in [0.717, 1.165) is 11.3 Å². The molecule has 0 saturated carbocycles. The third-order valence-corrected chi connectivity index (χ3v) is 4.57. The lowest BCUT2D eigenvalue weighted by molar-refractivity contribution is -0.133. The van der Waals surface area contributed by atoms with Gasteiger partial charge in [0.15, 0.2) is 0 Å². The maximum absolute atomic E-state index is 12.1. The number of rotatable bonds is 4. The molecule has 3 aromatic heterocycles. The van der Waals surface area contributed by atoms with Crippen LogP contribution >= 0.6 is 0 Å². The van der Waals surface area contributed by atoms with Crippen LogP contribution < -0.4 is 11.1 Å². The number of ether oxygens (including phenoxy) is 1. The molecule has 4 rings (SSSR count). The van der Waals surface area contributed by atoms with Crippen LogP contribution in [0.25, 0.3) is 22.3 Å². The zero-order valence-electron chi connectivity index (χ0n) is 14.7. The number of carbonyl (C=O) groups is 1. The number of nitrogens with zero attached hydrogens (tertiary/aromatic N) is 6. The van der Waals surface area contributed by atoms with Gasteiger partial charge in [0.1, 0.15) is 36.7 Å². The summed E-state index contributed by atoms with van der Waals surface area (Å²) in [6.45, 7) is -0.0383. The molecule has 27 heavy (non-hydrogen) atoms. The van der Waals surface area contributed by atoms with Gasteiger partial charge < -0.3 is 20.4 Å². The van der Waals surface area contributed by atoms with Gasteiger partial charge in [-0.25, -0.2) is 9.97 Å². The van der Waals surface area contributed by atoms with Gasteiger partial charge in [0.25, 0.3) is 0 Å². The van der Waals surface area contributed by atoms with E-state index in [4.69, 9.17) is 15.7 Å². The number of nitriles is 1. The molecule has 4 heterocycles. The third kappa shape index (κ3) is 2.98. The molecule has 1 fully saturated rings. The largest absolute Gasteiger partial charge is 0.383 e. The Morgan fingerprint density at radius 2 is 2.33 bits per heavy atom. The highest BCUT2D eigenvalue weighted by Gasteiger charge is 2.33. The number of aryl methyl sites for hydroxylation is 1. The molecule has 3 N–H and O–H groups in total. The molecule has 3 aromatic rings. The molecule has 2 unspecified atom stereocenters. The molecule has 0 aliphatic carbocycles. The molecule has 1 saturated heterocycles. The van der Waals surface area contributed by atoms with Crippen LogP contribution in [-0.4, -0.2) is 42.9 Å². The van der Waals surface area contributed by atoms with Crippen LogP contribution in [0.1, 0.15) is 19.1 Å². The van der Waals surface area contributed by atoms with Gasteiger partial charge in [-0.2, -0.15) is 10.4 Å². The maximum Gasteiger partial charge on any atom is 0.250 e. The predicted octanol–water partition coefficient (Wildman–Crippen LogP) is 0.731. The van der Waals surface area contributed by atoms with Crippen molar-refractivity contribution in [3.05, 3.63) is 24.8 Å². The molecule has 0 spiro atoms. The van der Waals surface area contributed by atoms with Crippen molar-refractivity contribution < 1.29 is 9.53 Å². The van der Waals surface area contributed by atoms with Crippen molar-refractivity contribution in [3.8, 4) is 17.3 Å². The second kappa shape index (κ2) is 6.69. The minimum absolute atomic E-state index is 0.0383. The van der Waals surface area contributed by atoms with Gasteiger partial charge in [-0.05, 0) is 18.9 Å². The first-order valence-electron chi connectivity index (χ1n) is 8.49. The Kier molecular flexibility index (Phi) is 4.21. The quantitative estimate of drug-likeness (QED) is 0.649. The number of anilines is 1. The van der Waals surface area contributed by atoms with E-state index < -0.39 is 6.10 Å². The average Bonchev–Trinajstić information content (AvgIpc) is 3.37. The number of nitrogens with one attached hydrogen (secondary N) is 1. The minimum Gasteiger partial charge on any atom is -0.383 e. The molecule has 1 amide bonds. The highest BCUT2D eigenvalue weighted by Crippen LogP contribution is 2.37. The van der Waals surface area contributed by atoms with E-state index in [2.05, 4.69) is 20.4 Å². The Morgan fingerprint density at radius 1 is 1.48 bits per heavy atom. The Hall–Kier alpha value is -3.45. The molecule has 0 radical (unpaired) electrons. The smallest absolute Gasteiger partial charge is 0.250 e. The fraction of sp³-hybridized carbons (Fsp3) is 0.353. The number of amides is 1. The molecule has 10 heteroatoms. The second-order valence-corrected chi connectivity index (χ2v) is 6.31. The monoisotopic (exact) mass is 366 g/mol. The average molecular weight is 366 g/mol. The van der Waals surface area contributed by atoms with E-state index in [0.29, 0.717) is 29.7 Å². The van der Waals surface area contributed by atoms with Crippen LogP contribution in [0.2, 0.25) is 0 Å². The fourth-order valence-electron chi connectivity index (χ4n) is 3.34. The summed E-state index contributed by atoms with van der Waals surface area (Å²) < 4.78 is 9.50. The molecule has 10 nitrogen and oxygen atoms in total. The van der Waals surface area contributed by atoms with E-state index in [1.54, 1.807) is 4.68 Å². The molecule has 0 aromatic carbocycles. The number of nitrogen functional groups attached to an aromatic ring is 1. The predicted molar refractivity (Wildman–Crippen MR) is 95.9 cm³/mol. The van der Waals surface area contributed by atoms with Crippen molar-refractivity contribution in [3.63, 3.8) is 0 Å². The minimum atomic E-state index is -0.599. The van der Waals surface area contributed by atoms with Crippen LogP contribution in [0.3, 0.4) is 0 Å². The van der Waals surface area contributed by atoms with Gasteiger partial charge in [0.05, 0.1) is 17.1 Å². The summed E-state index contributed by atoms with van der Waals surface area (Å²) in [7, 11) is 1.84. The van der Waals surface area contributed by atoms with E-state index >= 15 is 0 Å². The van der Waals surface area contributed by atoms with Gasteiger partial charge in [-0.1, -0.05) is 0 Å². The fourth-order valence-corrected chi connectivity index (χ4v) is 3.34. The molecular weight excluding hydrogens is 348 g/mol. The van der Waals surface area contributed by atoms with Gasteiger partial charge in [0.2, 0.25) is 5.91 Å². The number of fused-ring (bicyclic) bond motifs is 1. The standard InChI is InChI=1S/C17H18N8O2/c1-24-7-4-11(23-24)10-8-25(16-14(10)15(19)21-9-22-16)13-3-2-12(27-13)17(26)20-6-5-18/h4,7-9,12-13H,2-3,6H2,1H3,(H,20,26)(H2,19,21,22). The van der Waals surface area contributed by atoms with Crippen LogP contribution in [0.4, 0.5) is 5.82 Å². The second-order valence-electron chi connectivity index (χ2n) is 6.31. The maximum atomic E-state index is 12.1. The van der Waals surface area contributed by atoms with Gasteiger partial charge in [0, 0.05) is 25.0 Å². The molecule has 1 aliphatic rings. The topological polar surface area (TPSA) is 137 Å². The molecule has 0 bridgehead atoms. The third-order valence-electron chi connectivity index (χ3n) is 4.57. The van der Waals surface area contributed by atoms with E-state index in [1.807, 2.05) is 36.1 Å². The number of aromatic nitrogens is 5. The lowest BCUT2D eigenvalue weighted by atomic mass is 10.2. The van der Waals surface area contributed by atoms with E-state index in [9.17, 15) is 4.79 Å². The zero-order valence-corrected chi connectivity index (χ0v) is 14.7. The van der Waals surface area contributed by atoms with Crippen molar-refractivity contribution >= 4 is 22.8 Å². The van der Waals surface area contributed by atoms with Crippen molar-refractivity contribution in [2.75, 3.05) is 12.3 Å². The zero-order chi connectivity index (χ0) is 19.0. The van der Waals surface area contributed by atoms with E-state index in [1.165, 1.54) is 6.33 Å². The molecule has 1 aliphatic heterocycles. The summed E-state index contributed by atoms with van der Waals surface area (Å²) in [4.78, 5) is 20.5. The molecule has 138 valence electrons. The summed E-state index contributed by atoms with van der Waals surface area (Å²) in [6, 6.07) is 3.77. The van der Waals surface area contributed by atoms with Crippen LogP contribution in [0.5, 0.6) is 0 Å². The van der Waals surface area contributed by atoms with Gasteiger partial charge in [-0.15, -0.1) is 0 Å². The van der Waals surface area contributed by atoms with Crippen molar-refractivity contribution in [2.45, 2.75) is 25.2 Å². The summed E-state index contributed by atoms with van der Waals surface area (Å²) in [5.74, 6) is 0.0790. The van der Waals surface area contributed by atoms with Crippen molar-refractivity contribution in [1.29, 1.82) is 5.26 Å². The van der Waals surface area contributed by atoms with Gasteiger partial charge in [-0.3, -0.25) is 9.48 Å². The summed E-state index contributed by atoms with van der Waals surface area (Å²) >= 11 is 0. The van der Waals surface area contributed by atoms with Crippen molar-refractivity contribution in [1.82, 2.24) is 29.6 Å². The number of hydrogen-bond acceptors (Lipinski definition) is 7. The molecule has 2 atom stereocenters. The van der Waals surface area contributed by atoms with E-state index in [-0.39, 0.29) is 18.7 Å². The first kappa shape index (κ1) is 17.0. The Labute approximate surface area is 154 Å². The lowest BCUT2D eigenvalue weighted by Gasteiger charge is -2.15. The summed E-state index contributed by atoms with van der Waals surface area (Å²) in [6.07, 6.45) is 5.37. The first-order valence-corrected chi connectivity index (χ1v) is 8.49. The summed E-state index contributed by atoms with van der Waals surface area (Å²) in [5.41, 5.74) is 8.30. The van der Waals surface area contributed by atoms with Crippen molar-refractivity contribution in [2.24, 2.45) is 7.05 Å². The highest BCUT2D eigenvalue weighted by atomic mass is 16.5. The first-order chi connectivity index (χ1) is 13.1. The Balaban J connectivity index is 1.70. The van der Waals surface area contributed by atoms with Gasteiger partial charge >= 0.3 is 0 Å². The SMILES string of the molecule is Cn1ccc(-c2cn(C3CCC(C(=O)NCC#N)O3)c3ncnc(N)c23)n1.